The second kappa shape index (κ2) is 5.09. The predicted octanol–water partition coefficient (Wildman–Crippen LogP) is 2.43. The van der Waals surface area contributed by atoms with E-state index in [-0.39, 0.29) is 6.61 Å². The van der Waals surface area contributed by atoms with Crippen molar-refractivity contribution < 1.29 is 5.11 Å². The number of hydrogen-bond donors (Lipinski definition) is 1. The monoisotopic (exact) mass is 232 g/mol. The third-order valence-corrected chi connectivity index (χ3v) is 3.14. The maximum absolute atomic E-state index is 9.27. The number of aliphatic hydroxyl groups excluding tert-OH is 1. The molecular weight excluding hydrogens is 220 g/mol. The summed E-state index contributed by atoms with van der Waals surface area (Å²) < 4.78 is 0. The first-order valence-electron chi connectivity index (χ1n) is 4.95. The Kier molecular flexibility index (Phi) is 3.54. The van der Waals surface area contributed by atoms with E-state index >= 15 is 0 Å². The van der Waals surface area contributed by atoms with Gasteiger partial charge in [0.05, 0.1) is 6.61 Å². The predicted molar refractivity (Wildman–Crippen MR) is 63.3 cm³/mol. The van der Waals surface area contributed by atoms with Crippen LogP contribution >= 0.6 is 11.8 Å². The van der Waals surface area contributed by atoms with Crippen LogP contribution in [0.2, 0.25) is 0 Å². The highest BCUT2D eigenvalue weighted by atomic mass is 32.2. The molecule has 2 aromatic rings. The van der Waals surface area contributed by atoms with Crippen molar-refractivity contribution in [1.29, 1.82) is 0 Å². The van der Waals surface area contributed by atoms with E-state index in [0.29, 0.717) is 5.16 Å². The summed E-state index contributed by atoms with van der Waals surface area (Å²) in [6, 6.07) is 7.77. The number of hydrogen-bond acceptors (Lipinski definition) is 4. The molecule has 0 saturated carbocycles. The average Bonchev–Trinajstić information content (AvgIpc) is 2.33. The second-order valence-electron chi connectivity index (χ2n) is 3.40. The van der Waals surface area contributed by atoms with E-state index in [9.17, 15) is 5.11 Å². The highest BCUT2D eigenvalue weighted by Crippen LogP contribution is 2.28. The van der Waals surface area contributed by atoms with Gasteiger partial charge in [-0.15, -0.1) is 0 Å². The van der Waals surface area contributed by atoms with Crippen LogP contribution < -0.4 is 0 Å². The van der Waals surface area contributed by atoms with Gasteiger partial charge >= 0.3 is 0 Å². The van der Waals surface area contributed by atoms with Gasteiger partial charge in [0.2, 0.25) is 0 Å². The highest BCUT2D eigenvalue weighted by molar-refractivity contribution is 7.99. The van der Waals surface area contributed by atoms with Gasteiger partial charge in [-0.05, 0) is 36.4 Å². The lowest BCUT2D eigenvalue weighted by Gasteiger charge is -2.06. The Morgan fingerprint density at radius 3 is 2.69 bits per heavy atom. The molecular formula is C12H12N2OS. The second-order valence-corrected chi connectivity index (χ2v) is 4.41. The fourth-order valence-electron chi connectivity index (χ4n) is 1.37. The van der Waals surface area contributed by atoms with E-state index in [1.807, 2.05) is 25.1 Å². The molecule has 1 aromatic carbocycles. The van der Waals surface area contributed by atoms with Crippen molar-refractivity contribution in [3.8, 4) is 0 Å². The van der Waals surface area contributed by atoms with Gasteiger partial charge in [0.25, 0.3) is 0 Å². The van der Waals surface area contributed by atoms with Crippen molar-refractivity contribution in [3.63, 3.8) is 0 Å². The van der Waals surface area contributed by atoms with E-state index in [1.54, 1.807) is 18.5 Å². The standard InChI is InChI=1S/C12H12N2OS/c1-9-3-4-11(10(7-9)8-15)16-12-13-5-2-6-14-12/h2-7,15H,8H2,1H3. The quantitative estimate of drug-likeness (QED) is 0.826. The Balaban J connectivity index is 2.28. The van der Waals surface area contributed by atoms with E-state index < -0.39 is 0 Å². The van der Waals surface area contributed by atoms with Gasteiger partial charge in [-0.1, -0.05) is 17.7 Å². The van der Waals surface area contributed by atoms with Crippen LogP contribution in [0, 0.1) is 6.92 Å². The Labute approximate surface area is 98.6 Å². The van der Waals surface area contributed by atoms with E-state index in [1.165, 1.54) is 11.8 Å². The number of benzene rings is 1. The first kappa shape index (κ1) is 11.1. The minimum absolute atomic E-state index is 0.0385. The molecule has 4 heteroatoms. The molecule has 0 amide bonds. The third-order valence-electron chi connectivity index (χ3n) is 2.13. The molecule has 0 saturated heterocycles. The van der Waals surface area contributed by atoms with Crippen LogP contribution in [-0.4, -0.2) is 15.1 Å². The zero-order valence-corrected chi connectivity index (χ0v) is 9.74. The number of aliphatic hydroxyl groups is 1. The lowest BCUT2D eigenvalue weighted by atomic mass is 10.1. The lowest BCUT2D eigenvalue weighted by molar-refractivity contribution is 0.279. The molecule has 0 unspecified atom stereocenters. The summed E-state index contributed by atoms with van der Waals surface area (Å²) in [7, 11) is 0. The van der Waals surface area contributed by atoms with Crippen LogP contribution in [0.25, 0.3) is 0 Å². The fraction of sp³-hybridized carbons (Fsp3) is 0.167. The molecule has 2 rings (SSSR count). The molecule has 0 spiro atoms. The number of aromatic nitrogens is 2. The molecule has 0 fully saturated rings. The maximum Gasteiger partial charge on any atom is 0.192 e. The van der Waals surface area contributed by atoms with Crippen LogP contribution in [-0.2, 0) is 6.61 Å². The van der Waals surface area contributed by atoms with E-state index in [2.05, 4.69) is 9.97 Å². The van der Waals surface area contributed by atoms with Crippen LogP contribution in [0.3, 0.4) is 0 Å². The minimum atomic E-state index is 0.0385. The highest BCUT2D eigenvalue weighted by Gasteiger charge is 2.05. The summed E-state index contributed by atoms with van der Waals surface area (Å²) in [5.41, 5.74) is 2.06. The molecule has 0 aliphatic rings. The average molecular weight is 232 g/mol. The minimum Gasteiger partial charge on any atom is -0.392 e. The van der Waals surface area contributed by atoms with Gasteiger partial charge in [0.1, 0.15) is 0 Å². The van der Waals surface area contributed by atoms with Gasteiger partial charge in [-0.3, -0.25) is 0 Å². The molecule has 82 valence electrons. The molecule has 3 nitrogen and oxygen atoms in total. The lowest BCUT2D eigenvalue weighted by Crippen LogP contribution is -1.90. The SMILES string of the molecule is Cc1ccc(Sc2ncccn2)c(CO)c1. The van der Waals surface area contributed by atoms with Crippen molar-refractivity contribution in [2.45, 2.75) is 23.6 Å². The van der Waals surface area contributed by atoms with Gasteiger partial charge in [0.15, 0.2) is 5.16 Å². The number of nitrogens with zero attached hydrogens (tertiary/aromatic N) is 2. The molecule has 0 aliphatic heterocycles. The largest absolute Gasteiger partial charge is 0.392 e. The van der Waals surface area contributed by atoms with Crippen LogP contribution in [0.15, 0.2) is 46.7 Å². The van der Waals surface area contributed by atoms with Crippen LogP contribution in [0.5, 0.6) is 0 Å². The van der Waals surface area contributed by atoms with Gasteiger partial charge in [-0.2, -0.15) is 0 Å². The fourth-order valence-corrected chi connectivity index (χ4v) is 2.18. The molecule has 0 radical (unpaired) electrons. The topological polar surface area (TPSA) is 46.0 Å². The number of aryl methyl sites for hydroxylation is 1. The Hall–Kier alpha value is -1.39. The van der Waals surface area contributed by atoms with Gasteiger partial charge in [0, 0.05) is 17.3 Å². The Morgan fingerprint density at radius 1 is 1.25 bits per heavy atom. The maximum atomic E-state index is 9.27. The van der Waals surface area contributed by atoms with Gasteiger partial charge in [-0.25, -0.2) is 9.97 Å². The Morgan fingerprint density at radius 2 is 2.00 bits per heavy atom. The van der Waals surface area contributed by atoms with Crippen molar-refractivity contribution in [2.24, 2.45) is 0 Å². The van der Waals surface area contributed by atoms with Crippen LogP contribution in [0.4, 0.5) is 0 Å². The van der Waals surface area contributed by atoms with Crippen molar-refractivity contribution in [1.82, 2.24) is 9.97 Å². The number of rotatable bonds is 3. The summed E-state index contributed by atoms with van der Waals surface area (Å²) in [6.45, 7) is 2.05. The van der Waals surface area contributed by atoms with Crippen molar-refractivity contribution in [2.75, 3.05) is 0 Å². The van der Waals surface area contributed by atoms with Crippen molar-refractivity contribution >= 4 is 11.8 Å². The molecule has 1 aromatic heterocycles. The summed E-state index contributed by atoms with van der Waals surface area (Å²) in [5.74, 6) is 0. The molecule has 0 atom stereocenters. The summed E-state index contributed by atoms with van der Waals surface area (Å²) in [4.78, 5) is 9.28. The molecule has 0 bridgehead atoms. The van der Waals surface area contributed by atoms with Crippen molar-refractivity contribution in [3.05, 3.63) is 47.8 Å². The normalized spacial score (nSPS) is 10.4. The molecule has 1 heterocycles. The van der Waals surface area contributed by atoms with E-state index in [0.717, 1.165) is 16.0 Å². The first-order valence-corrected chi connectivity index (χ1v) is 5.76. The summed E-state index contributed by atoms with van der Waals surface area (Å²) in [5, 5.41) is 9.96. The third kappa shape index (κ3) is 2.59. The molecule has 1 N–H and O–H groups in total. The smallest absolute Gasteiger partial charge is 0.192 e. The first-order chi connectivity index (χ1) is 7.79. The Bertz CT molecular complexity index is 474. The zero-order chi connectivity index (χ0) is 11.4. The van der Waals surface area contributed by atoms with Gasteiger partial charge < -0.3 is 5.11 Å². The van der Waals surface area contributed by atoms with Crippen LogP contribution in [0.1, 0.15) is 11.1 Å². The summed E-state index contributed by atoms with van der Waals surface area (Å²) >= 11 is 1.47. The molecule has 0 aliphatic carbocycles. The summed E-state index contributed by atoms with van der Waals surface area (Å²) in [6.07, 6.45) is 3.42. The zero-order valence-electron chi connectivity index (χ0n) is 8.92. The van der Waals surface area contributed by atoms with E-state index in [4.69, 9.17) is 0 Å². The molecule has 16 heavy (non-hydrogen) atoms.